The fourth-order valence-electron chi connectivity index (χ4n) is 3.36. The highest BCUT2D eigenvalue weighted by atomic mass is 19.1. The van der Waals surface area contributed by atoms with E-state index in [4.69, 9.17) is 4.52 Å². The quantitative estimate of drug-likeness (QED) is 0.466. The minimum absolute atomic E-state index is 0.0141. The molecule has 0 unspecified atom stereocenters. The summed E-state index contributed by atoms with van der Waals surface area (Å²) in [6.45, 7) is 4.36. The second-order valence-electron chi connectivity index (χ2n) is 6.96. The van der Waals surface area contributed by atoms with E-state index in [-0.39, 0.29) is 11.5 Å². The van der Waals surface area contributed by atoms with Gasteiger partial charge in [0, 0.05) is 56.0 Å². The molecule has 1 aromatic heterocycles. The first-order valence-corrected chi connectivity index (χ1v) is 9.34. The molecule has 0 spiro atoms. The van der Waals surface area contributed by atoms with Crippen LogP contribution in [0.5, 0.6) is 0 Å². The molecule has 0 atom stereocenters. The third-order valence-electron chi connectivity index (χ3n) is 4.96. The van der Waals surface area contributed by atoms with Crippen molar-refractivity contribution in [3.63, 3.8) is 0 Å². The zero-order valence-corrected chi connectivity index (χ0v) is 15.7. The van der Waals surface area contributed by atoms with E-state index in [9.17, 15) is 14.5 Å². The smallest absolute Gasteiger partial charge is 0.270 e. The second kappa shape index (κ2) is 8.46. The Balaban J connectivity index is 1.33. The molecule has 4 rings (SSSR count). The number of halogens is 1. The molecule has 1 aliphatic heterocycles. The molecule has 8 nitrogen and oxygen atoms in total. The maximum absolute atomic E-state index is 13.8. The van der Waals surface area contributed by atoms with E-state index in [1.807, 2.05) is 12.1 Å². The molecule has 29 heavy (non-hydrogen) atoms. The first-order valence-electron chi connectivity index (χ1n) is 9.34. The lowest BCUT2D eigenvalue weighted by molar-refractivity contribution is -0.384. The summed E-state index contributed by atoms with van der Waals surface area (Å²) in [5, 5.41) is 14.9. The summed E-state index contributed by atoms with van der Waals surface area (Å²) in [6.07, 6.45) is 0. The summed E-state index contributed by atoms with van der Waals surface area (Å²) in [5.74, 6) is 0.630. The van der Waals surface area contributed by atoms with Gasteiger partial charge in [0.05, 0.1) is 11.5 Å². The van der Waals surface area contributed by atoms with Crippen LogP contribution in [-0.2, 0) is 13.1 Å². The topological polar surface area (TPSA) is 88.5 Å². The molecule has 0 radical (unpaired) electrons. The molecule has 9 heteroatoms. The first-order chi connectivity index (χ1) is 14.1. The predicted octanol–water partition coefficient (Wildman–Crippen LogP) is 3.10. The Hall–Kier alpha value is -3.17. The van der Waals surface area contributed by atoms with Crippen molar-refractivity contribution in [2.24, 2.45) is 0 Å². The number of hydrogen-bond donors (Lipinski definition) is 0. The molecule has 1 saturated heterocycles. The maximum Gasteiger partial charge on any atom is 0.270 e. The van der Waals surface area contributed by atoms with Crippen LogP contribution < -0.4 is 0 Å². The SMILES string of the molecule is O=[N+]([O-])c1cccc(-c2noc(CN3CCN(Cc4ccccc4F)CC3)n2)c1. The fraction of sp³-hybridized carbons (Fsp3) is 0.300. The van der Waals surface area contributed by atoms with Gasteiger partial charge in [0.25, 0.3) is 5.69 Å². The average Bonchev–Trinajstić information content (AvgIpc) is 3.20. The van der Waals surface area contributed by atoms with Gasteiger partial charge in [0.1, 0.15) is 5.82 Å². The number of nitro benzene ring substituents is 1. The van der Waals surface area contributed by atoms with Crippen LogP contribution in [0.4, 0.5) is 10.1 Å². The molecular weight excluding hydrogens is 377 g/mol. The van der Waals surface area contributed by atoms with Gasteiger partial charge in [-0.1, -0.05) is 35.5 Å². The molecule has 0 N–H and O–H groups in total. The summed E-state index contributed by atoms with van der Waals surface area (Å²) < 4.78 is 19.1. The van der Waals surface area contributed by atoms with E-state index in [0.29, 0.717) is 35.9 Å². The average molecular weight is 397 g/mol. The summed E-state index contributed by atoms with van der Waals surface area (Å²) in [4.78, 5) is 19.3. The monoisotopic (exact) mass is 397 g/mol. The molecule has 0 amide bonds. The van der Waals surface area contributed by atoms with Crippen molar-refractivity contribution in [2.75, 3.05) is 26.2 Å². The van der Waals surface area contributed by atoms with Crippen LogP contribution in [0.1, 0.15) is 11.5 Å². The van der Waals surface area contributed by atoms with Crippen molar-refractivity contribution in [1.82, 2.24) is 19.9 Å². The molecule has 150 valence electrons. The van der Waals surface area contributed by atoms with Gasteiger partial charge in [-0.05, 0) is 6.07 Å². The van der Waals surface area contributed by atoms with Gasteiger partial charge in [0.2, 0.25) is 11.7 Å². The van der Waals surface area contributed by atoms with Gasteiger partial charge in [-0.25, -0.2) is 4.39 Å². The summed E-state index contributed by atoms with van der Waals surface area (Å²) in [6, 6.07) is 13.0. The number of hydrogen-bond acceptors (Lipinski definition) is 7. The van der Waals surface area contributed by atoms with Gasteiger partial charge in [0.15, 0.2) is 0 Å². The molecule has 0 saturated carbocycles. The van der Waals surface area contributed by atoms with E-state index in [2.05, 4.69) is 19.9 Å². The molecule has 2 aromatic carbocycles. The van der Waals surface area contributed by atoms with Gasteiger partial charge >= 0.3 is 0 Å². The lowest BCUT2D eigenvalue weighted by atomic mass is 10.2. The van der Waals surface area contributed by atoms with Crippen molar-refractivity contribution in [1.29, 1.82) is 0 Å². The Morgan fingerprint density at radius 1 is 1.03 bits per heavy atom. The molecule has 0 bridgehead atoms. The highest BCUT2D eigenvalue weighted by Crippen LogP contribution is 2.22. The van der Waals surface area contributed by atoms with Crippen molar-refractivity contribution in [2.45, 2.75) is 13.1 Å². The van der Waals surface area contributed by atoms with Gasteiger partial charge in [-0.15, -0.1) is 0 Å². The highest BCUT2D eigenvalue weighted by Gasteiger charge is 2.20. The normalized spacial score (nSPS) is 15.5. The van der Waals surface area contributed by atoms with Crippen LogP contribution in [-0.4, -0.2) is 51.0 Å². The van der Waals surface area contributed by atoms with Crippen molar-refractivity contribution >= 4 is 5.69 Å². The number of benzene rings is 2. The number of rotatable bonds is 6. The van der Waals surface area contributed by atoms with Crippen molar-refractivity contribution in [3.8, 4) is 11.4 Å². The maximum atomic E-state index is 13.8. The Morgan fingerprint density at radius 2 is 1.76 bits per heavy atom. The largest absolute Gasteiger partial charge is 0.338 e. The summed E-state index contributed by atoms with van der Waals surface area (Å²) in [7, 11) is 0. The number of non-ortho nitro benzene ring substituents is 1. The van der Waals surface area contributed by atoms with E-state index in [1.54, 1.807) is 18.2 Å². The van der Waals surface area contributed by atoms with Crippen LogP contribution in [0.25, 0.3) is 11.4 Å². The number of nitrogens with zero attached hydrogens (tertiary/aromatic N) is 5. The van der Waals surface area contributed by atoms with Crippen molar-refractivity contribution in [3.05, 3.63) is 75.9 Å². The third-order valence-corrected chi connectivity index (χ3v) is 4.96. The van der Waals surface area contributed by atoms with Crippen LogP contribution >= 0.6 is 0 Å². The molecule has 2 heterocycles. The van der Waals surface area contributed by atoms with Crippen molar-refractivity contribution < 1.29 is 13.8 Å². The van der Waals surface area contributed by atoms with E-state index >= 15 is 0 Å². The minimum atomic E-state index is -0.453. The standard InChI is InChI=1S/C20H20FN5O3/c21-18-7-2-1-4-16(18)13-24-8-10-25(11-9-24)14-19-22-20(23-29-19)15-5-3-6-17(12-15)26(27)28/h1-7,12H,8-11,13-14H2. The number of nitro groups is 1. The second-order valence-corrected chi connectivity index (χ2v) is 6.96. The Bertz CT molecular complexity index is 1000. The minimum Gasteiger partial charge on any atom is -0.338 e. The lowest BCUT2D eigenvalue weighted by Crippen LogP contribution is -2.45. The molecule has 3 aromatic rings. The van der Waals surface area contributed by atoms with Crippen LogP contribution in [0.3, 0.4) is 0 Å². The third kappa shape index (κ3) is 4.64. The van der Waals surface area contributed by atoms with Crippen LogP contribution in [0, 0.1) is 15.9 Å². The first kappa shape index (κ1) is 19.2. The fourth-order valence-corrected chi connectivity index (χ4v) is 3.36. The molecule has 0 aliphatic carbocycles. The van der Waals surface area contributed by atoms with E-state index < -0.39 is 4.92 Å². The van der Waals surface area contributed by atoms with Crippen LogP contribution in [0.15, 0.2) is 53.1 Å². The molecule has 1 aliphatic rings. The van der Waals surface area contributed by atoms with E-state index in [1.165, 1.54) is 18.2 Å². The summed E-state index contributed by atoms with van der Waals surface area (Å²) >= 11 is 0. The summed E-state index contributed by atoms with van der Waals surface area (Å²) in [5.41, 5.74) is 1.24. The van der Waals surface area contributed by atoms with Gasteiger partial charge < -0.3 is 4.52 Å². The van der Waals surface area contributed by atoms with Crippen LogP contribution in [0.2, 0.25) is 0 Å². The highest BCUT2D eigenvalue weighted by molar-refractivity contribution is 5.58. The zero-order chi connectivity index (χ0) is 20.2. The Kier molecular flexibility index (Phi) is 5.59. The lowest BCUT2D eigenvalue weighted by Gasteiger charge is -2.33. The van der Waals surface area contributed by atoms with Gasteiger partial charge in [-0.2, -0.15) is 4.98 Å². The Morgan fingerprint density at radius 3 is 2.48 bits per heavy atom. The number of piperazine rings is 1. The number of aromatic nitrogens is 2. The van der Waals surface area contributed by atoms with Gasteiger partial charge in [-0.3, -0.25) is 19.9 Å². The van der Waals surface area contributed by atoms with E-state index in [0.717, 1.165) is 26.2 Å². The molecular formula is C20H20FN5O3. The predicted molar refractivity (Wildman–Crippen MR) is 103 cm³/mol. The molecule has 1 fully saturated rings. The zero-order valence-electron chi connectivity index (χ0n) is 15.7. The Labute approximate surface area is 166 Å².